The maximum absolute atomic E-state index is 13.5. The third-order valence-corrected chi connectivity index (χ3v) is 7.14. The van der Waals surface area contributed by atoms with Crippen molar-refractivity contribution in [2.45, 2.75) is 58.2 Å². The van der Waals surface area contributed by atoms with Gasteiger partial charge < -0.3 is 14.6 Å². The SMILES string of the molecule is Cc1cc2c(cc1C(=O)N1Cc3ccccc3C1)[nH]c(=O)c1nnc(C3CCOC(C)(C)C3)n12. The summed E-state index contributed by atoms with van der Waals surface area (Å²) >= 11 is 0. The highest BCUT2D eigenvalue weighted by atomic mass is 16.5. The number of fused-ring (bicyclic) bond motifs is 4. The van der Waals surface area contributed by atoms with Crippen molar-refractivity contribution in [3.8, 4) is 0 Å². The van der Waals surface area contributed by atoms with Gasteiger partial charge in [0.05, 0.1) is 16.6 Å². The predicted octanol–water partition coefficient (Wildman–Crippen LogP) is 3.71. The second kappa shape index (κ2) is 7.50. The van der Waals surface area contributed by atoms with Crippen LogP contribution in [0.25, 0.3) is 16.7 Å². The number of rotatable bonds is 2. The Morgan fingerprint density at radius 2 is 1.88 bits per heavy atom. The van der Waals surface area contributed by atoms with Crippen LogP contribution in [0.15, 0.2) is 41.2 Å². The minimum Gasteiger partial charge on any atom is -0.376 e. The van der Waals surface area contributed by atoms with E-state index in [4.69, 9.17) is 4.74 Å². The molecule has 2 aromatic carbocycles. The smallest absolute Gasteiger partial charge is 0.294 e. The number of carbonyl (C=O) groups is 1. The van der Waals surface area contributed by atoms with Gasteiger partial charge in [-0.25, -0.2) is 0 Å². The van der Waals surface area contributed by atoms with E-state index in [-0.39, 0.29) is 28.6 Å². The van der Waals surface area contributed by atoms with Crippen LogP contribution < -0.4 is 5.56 Å². The fourth-order valence-electron chi connectivity index (χ4n) is 5.43. The zero-order valence-electron chi connectivity index (χ0n) is 19.6. The highest BCUT2D eigenvalue weighted by molar-refractivity contribution is 5.99. The van der Waals surface area contributed by atoms with Crippen LogP contribution in [-0.2, 0) is 17.8 Å². The van der Waals surface area contributed by atoms with Crippen molar-refractivity contribution in [1.82, 2.24) is 24.5 Å². The molecule has 1 amide bonds. The second-order valence-corrected chi connectivity index (χ2v) is 10.1. The molecular weight excluding hydrogens is 430 g/mol. The number of H-pyrrole nitrogens is 1. The highest BCUT2D eigenvalue weighted by Gasteiger charge is 2.33. The Hall–Kier alpha value is -3.52. The van der Waals surface area contributed by atoms with E-state index in [9.17, 15) is 9.59 Å². The Balaban J connectivity index is 1.44. The molecule has 0 aliphatic carbocycles. The van der Waals surface area contributed by atoms with Crippen LogP contribution in [0.1, 0.15) is 65.5 Å². The summed E-state index contributed by atoms with van der Waals surface area (Å²) < 4.78 is 7.75. The standard InChI is InChI=1S/C26H27N5O3/c1-15-10-21-20(11-19(15)25(33)30-13-17-6-4-5-7-18(17)14-30)27-24(32)23-29-28-22(31(21)23)16-8-9-34-26(2,3)12-16/h4-7,10-11,16H,8-9,12-14H2,1-3H3,(H,27,32). The lowest BCUT2D eigenvalue weighted by atomic mass is 9.88. The largest absolute Gasteiger partial charge is 0.376 e. The zero-order chi connectivity index (χ0) is 23.6. The highest BCUT2D eigenvalue weighted by Crippen LogP contribution is 2.35. The van der Waals surface area contributed by atoms with E-state index in [0.29, 0.717) is 30.8 Å². The molecule has 8 heteroatoms. The minimum absolute atomic E-state index is 0.0355. The average molecular weight is 458 g/mol. The minimum atomic E-state index is -0.312. The Kier molecular flexibility index (Phi) is 4.64. The molecule has 174 valence electrons. The first-order chi connectivity index (χ1) is 16.3. The van der Waals surface area contributed by atoms with Crippen molar-refractivity contribution >= 4 is 22.6 Å². The van der Waals surface area contributed by atoms with Gasteiger partial charge in [0, 0.05) is 31.2 Å². The molecule has 4 heterocycles. The Morgan fingerprint density at radius 1 is 1.15 bits per heavy atom. The van der Waals surface area contributed by atoms with Gasteiger partial charge in [-0.05, 0) is 62.4 Å². The van der Waals surface area contributed by atoms with E-state index in [1.165, 1.54) is 11.1 Å². The van der Waals surface area contributed by atoms with Crippen LogP contribution in [0, 0.1) is 6.92 Å². The molecule has 0 spiro atoms. The molecule has 1 fully saturated rings. The summed E-state index contributed by atoms with van der Waals surface area (Å²) in [4.78, 5) is 31.1. The third kappa shape index (κ3) is 3.32. The van der Waals surface area contributed by atoms with Crippen LogP contribution in [0.2, 0.25) is 0 Å². The molecule has 1 saturated heterocycles. The molecule has 1 unspecified atom stereocenters. The summed E-state index contributed by atoms with van der Waals surface area (Å²) in [6, 6.07) is 11.9. The van der Waals surface area contributed by atoms with Crippen molar-refractivity contribution in [3.63, 3.8) is 0 Å². The van der Waals surface area contributed by atoms with Crippen molar-refractivity contribution in [1.29, 1.82) is 0 Å². The van der Waals surface area contributed by atoms with Crippen LogP contribution in [0.5, 0.6) is 0 Å². The number of amides is 1. The molecule has 0 saturated carbocycles. The molecule has 0 bridgehead atoms. The number of aromatic nitrogens is 4. The predicted molar refractivity (Wildman–Crippen MR) is 128 cm³/mol. The maximum atomic E-state index is 13.5. The molecule has 34 heavy (non-hydrogen) atoms. The molecule has 8 nitrogen and oxygen atoms in total. The van der Waals surface area contributed by atoms with E-state index >= 15 is 0 Å². The molecule has 1 N–H and O–H groups in total. The molecule has 6 rings (SSSR count). The number of aryl methyl sites for hydroxylation is 1. The average Bonchev–Trinajstić information content (AvgIpc) is 3.43. The first kappa shape index (κ1) is 21.0. The topological polar surface area (TPSA) is 92.6 Å². The fraction of sp³-hybridized carbons (Fsp3) is 0.385. The zero-order valence-corrected chi connectivity index (χ0v) is 19.6. The normalized spacial score (nSPS) is 19.6. The number of ether oxygens (including phenoxy) is 1. The Bertz CT molecular complexity index is 1490. The van der Waals surface area contributed by atoms with Crippen LogP contribution in [0.4, 0.5) is 0 Å². The first-order valence-electron chi connectivity index (χ1n) is 11.7. The molecule has 2 aliphatic heterocycles. The number of nitrogens with one attached hydrogen (secondary N) is 1. The van der Waals surface area contributed by atoms with Crippen molar-refractivity contribution in [2.75, 3.05) is 6.61 Å². The monoisotopic (exact) mass is 457 g/mol. The van der Waals surface area contributed by atoms with Gasteiger partial charge in [-0.3, -0.25) is 14.0 Å². The van der Waals surface area contributed by atoms with E-state index in [0.717, 1.165) is 29.7 Å². The summed E-state index contributed by atoms with van der Waals surface area (Å²) in [7, 11) is 0. The Labute approximate surface area is 196 Å². The van der Waals surface area contributed by atoms with Crippen molar-refractivity contribution < 1.29 is 9.53 Å². The van der Waals surface area contributed by atoms with Gasteiger partial charge in [0.2, 0.25) is 5.65 Å². The molecule has 2 aromatic heterocycles. The van der Waals surface area contributed by atoms with Gasteiger partial charge in [0.15, 0.2) is 0 Å². The number of benzene rings is 2. The number of aromatic amines is 1. The molecular formula is C26H27N5O3. The number of carbonyl (C=O) groups excluding carboxylic acids is 1. The van der Waals surface area contributed by atoms with Gasteiger partial charge >= 0.3 is 0 Å². The molecule has 1 atom stereocenters. The van der Waals surface area contributed by atoms with Gasteiger partial charge in [0.1, 0.15) is 5.82 Å². The molecule has 2 aliphatic rings. The van der Waals surface area contributed by atoms with Gasteiger partial charge in [-0.1, -0.05) is 24.3 Å². The molecule has 4 aromatic rings. The number of hydrogen-bond donors (Lipinski definition) is 1. The number of nitrogens with zero attached hydrogens (tertiary/aromatic N) is 4. The summed E-state index contributed by atoms with van der Waals surface area (Å²) in [5.74, 6) is 0.871. The lowest BCUT2D eigenvalue weighted by molar-refractivity contribution is -0.0603. The Morgan fingerprint density at radius 3 is 2.59 bits per heavy atom. The summed E-state index contributed by atoms with van der Waals surface area (Å²) in [6.07, 6.45) is 1.62. The van der Waals surface area contributed by atoms with Crippen molar-refractivity contribution in [2.24, 2.45) is 0 Å². The van der Waals surface area contributed by atoms with Crippen LogP contribution in [-0.4, -0.2) is 42.6 Å². The van der Waals surface area contributed by atoms with E-state index in [1.54, 1.807) is 6.07 Å². The van der Waals surface area contributed by atoms with Crippen LogP contribution in [0.3, 0.4) is 0 Å². The van der Waals surface area contributed by atoms with Gasteiger partial charge in [-0.15, -0.1) is 10.2 Å². The van der Waals surface area contributed by atoms with E-state index < -0.39 is 0 Å². The summed E-state index contributed by atoms with van der Waals surface area (Å²) in [5.41, 5.74) is 4.93. The van der Waals surface area contributed by atoms with Crippen LogP contribution >= 0.6 is 0 Å². The first-order valence-corrected chi connectivity index (χ1v) is 11.7. The summed E-state index contributed by atoms with van der Waals surface area (Å²) in [5, 5.41) is 8.65. The third-order valence-electron chi connectivity index (χ3n) is 7.14. The van der Waals surface area contributed by atoms with Gasteiger partial charge in [0.25, 0.3) is 11.5 Å². The van der Waals surface area contributed by atoms with Crippen molar-refractivity contribution in [3.05, 3.63) is 74.8 Å². The lowest BCUT2D eigenvalue weighted by Crippen LogP contribution is -2.33. The fourth-order valence-corrected chi connectivity index (χ4v) is 5.43. The quantitative estimate of drug-likeness (QED) is 0.495. The lowest BCUT2D eigenvalue weighted by Gasteiger charge is -2.34. The maximum Gasteiger partial charge on any atom is 0.294 e. The van der Waals surface area contributed by atoms with Gasteiger partial charge in [-0.2, -0.15) is 0 Å². The molecule has 0 radical (unpaired) electrons. The summed E-state index contributed by atoms with van der Waals surface area (Å²) in [6.45, 7) is 7.92. The van der Waals surface area contributed by atoms with E-state index in [2.05, 4.69) is 41.2 Å². The van der Waals surface area contributed by atoms with E-state index in [1.807, 2.05) is 34.4 Å². The number of hydrogen-bond acceptors (Lipinski definition) is 5. The second-order valence-electron chi connectivity index (χ2n) is 10.1.